The fraction of sp³-hybridized carbons (Fsp3) is 0.105. The van der Waals surface area contributed by atoms with Crippen molar-refractivity contribution in [3.8, 4) is 11.5 Å². The number of hydrogen-bond acceptors (Lipinski definition) is 7. The molecule has 0 radical (unpaired) electrons. The highest BCUT2D eigenvalue weighted by Gasteiger charge is 2.26. The van der Waals surface area contributed by atoms with Crippen LogP contribution in [0.15, 0.2) is 47.5 Å². The molecule has 142 valence electrons. The van der Waals surface area contributed by atoms with E-state index in [1.807, 2.05) is 0 Å². The monoisotopic (exact) mass is 382 g/mol. The van der Waals surface area contributed by atoms with Gasteiger partial charge in [0.05, 0.1) is 21.0 Å². The van der Waals surface area contributed by atoms with Crippen LogP contribution in [0.1, 0.15) is 24.0 Å². The third-order valence-electron chi connectivity index (χ3n) is 4.32. The van der Waals surface area contributed by atoms with Gasteiger partial charge in [0.1, 0.15) is 11.5 Å². The van der Waals surface area contributed by atoms with Crippen LogP contribution in [0.3, 0.4) is 0 Å². The maximum atomic E-state index is 12.6. The molecule has 1 aliphatic rings. The average molecular weight is 382 g/mol. The number of aromatic hydroxyl groups is 2. The zero-order valence-corrected chi connectivity index (χ0v) is 14.4. The maximum Gasteiger partial charge on any atom is 0.276 e. The number of carbonyl (C=O) groups is 1. The summed E-state index contributed by atoms with van der Waals surface area (Å²) in [4.78, 5) is 33.7. The number of Topliss-reactive ketones (excluding diaryl/α,β-unsaturated/α-hetero) is 1. The van der Waals surface area contributed by atoms with Crippen LogP contribution < -0.4 is 0 Å². The Hall–Kier alpha value is -4.01. The van der Waals surface area contributed by atoms with Crippen LogP contribution in [0.4, 0.5) is 11.4 Å². The van der Waals surface area contributed by atoms with Crippen molar-refractivity contribution in [3.63, 3.8) is 0 Å². The molecule has 9 nitrogen and oxygen atoms in total. The molecule has 3 rings (SSSR count). The molecule has 2 aromatic carbocycles. The molecular weight excluding hydrogens is 368 g/mol. The summed E-state index contributed by atoms with van der Waals surface area (Å²) in [5, 5.41) is 41.4. The van der Waals surface area contributed by atoms with Crippen molar-refractivity contribution >= 4 is 29.3 Å². The van der Waals surface area contributed by atoms with Gasteiger partial charge in [0.15, 0.2) is 5.78 Å². The fourth-order valence-corrected chi connectivity index (χ4v) is 3.00. The van der Waals surface area contributed by atoms with Crippen molar-refractivity contribution in [2.75, 3.05) is 0 Å². The van der Waals surface area contributed by atoms with E-state index in [1.165, 1.54) is 36.4 Å². The second-order valence-corrected chi connectivity index (χ2v) is 6.17. The summed E-state index contributed by atoms with van der Waals surface area (Å²) in [6, 6.07) is 7.05. The molecule has 28 heavy (non-hydrogen) atoms. The first-order valence-corrected chi connectivity index (χ1v) is 8.17. The molecule has 0 spiro atoms. The highest BCUT2D eigenvalue weighted by Crippen LogP contribution is 2.34. The lowest BCUT2D eigenvalue weighted by molar-refractivity contribution is -0.385. The Morgan fingerprint density at radius 2 is 1.18 bits per heavy atom. The summed E-state index contributed by atoms with van der Waals surface area (Å²) in [5.74, 6) is -0.738. The molecule has 0 bridgehead atoms. The third-order valence-corrected chi connectivity index (χ3v) is 4.32. The first-order chi connectivity index (χ1) is 13.3. The second kappa shape index (κ2) is 7.31. The zero-order chi connectivity index (χ0) is 20.4. The number of benzene rings is 2. The molecule has 2 N–H and O–H groups in total. The van der Waals surface area contributed by atoms with Crippen molar-refractivity contribution in [2.45, 2.75) is 12.8 Å². The third kappa shape index (κ3) is 3.73. The molecule has 2 aromatic rings. The number of allylic oxidation sites excluding steroid dienone is 2. The average Bonchev–Trinajstić information content (AvgIpc) is 2.95. The van der Waals surface area contributed by atoms with Gasteiger partial charge in [-0.25, -0.2) is 0 Å². The smallest absolute Gasteiger partial charge is 0.276 e. The summed E-state index contributed by atoms with van der Waals surface area (Å²) in [6.07, 6.45) is 3.28. The summed E-state index contributed by atoms with van der Waals surface area (Å²) in [7, 11) is 0. The van der Waals surface area contributed by atoms with Gasteiger partial charge >= 0.3 is 0 Å². The second-order valence-electron chi connectivity index (χ2n) is 6.17. The van der Waals surface area contributed by atoms with Crippen LogP contribution in [0.5, 0.6) is 11.5 Å². The number of hydrogen-bond donors (Lipinski definition) is 2. The number of phenols is 2. The van der Waals surface area contributed by atoms with Crippen LogP contribution in [0.25, 0.3) is 12.2 Å². The van der Waals surface area contributed by atoms with Crippen LogP contribution in [-0.4, -0.2) is 25.8 Å². The number of rotatable bonds is 4. The Labute approximate surface area is 158 Å². The minimum atomic E-state index is -0.613. The van der Waals surface area contributed by atoms with Crippen LogP contribution in [0, 0.1) is 20.2 Å². The predicted octanol–water partition coefficient (Wildman–Crippen LogP) is 3.74. The largest absolute Gasteiger partial charge is 0.508 e. The zero-order valence-electron chi connectivity index (χ0n) is 14.4. The quantitative estimate of drug-likeness (QED) is 0.465. The lowest BCUT2D eigenvalue weighted by Gasteiger charge is -2.01. The standard InChI is InChI=1S/C19H14N2O7/c22-15-3-5-17(20(25)26)13(9-15)7-11-1-2-12(19(11)24)8-14-10-16(23)4-6-18(14)21(27)28/h3-10,22-23H,1-2H2. The molecule has 0 unspecified atom stereocenters. The minimum absolute atomic E-state index is 0.0953. The minimum Gasteiger partial charge on any atom is -0.508 e. The molecule has 0 saturated heterocycles. The molecule has 1 saturated carbocycles. The summed E-state index contributed by atoms with van der Waals surface area (Å²) < 4.78 is 0. The van der Waals surface area contributed by atoms with E-state index >= 15 is 0 Å². The van der Waals surface area contributed by atoms with Gasteiger partial charge in [-0.1, -0.05) is 0 Å². The van der Waals surface area contributed by atoms with E-state index in [9.17, 15) is 35.2 Å². The molecule has 1 aliphatic carbocycles. The molecule has 0 amide bonds. The molecule has 0 atom stereocenters. The number of nitro groups is 2. The van der Waals surface area contributed by atoms with E-state index in [1.54, 1.807) is 0 Å². The Kier molecular flexibility index (Phi) is 4.90. The van der Waals surface area contributed by atoms with Crippen LogP contribution >= 0.6 is 0 Å². The lowest BCUT2D eigenvalue weighted by atomic mass is 10.0. The Morgan fingerprint density at radius 3 is 1.54 bits per heavy atom. The Balaban J connectivity index is 1.99. The highest BCUT2D eigenvalue weighted by molar-refractivity contribution is 6.16. The molecule has 9 heteroatoms. The normalized spacial score (nSPS) is 16.6. The first kappa shape index (κ1) is 18.8. The van der Waals surface area contributed by atoms with Crippen molar-refractivity contribution < 1.29 is 24.9 Å². The number of carbonyl (C=O) groups excluding carboxylic acids is 1. The SMILES string of the molecule is O=C1C(=Cc2cc(O)ccc2[N+](=O)[O-])CCC1=Cc1cc(O)ccc1[N+](=O)[O-]. The summed E-state index contributed by atoms with van der Waals surface area (Å²) in [6.45, 7) is 0. The van der Waals surface area contributed by atoms with Crippen molar-refractivity contribution in [3.05, 3.63) is 78.9 Å². The fourth-order valence-electron chi connectivity index (χ4n) is 3.00. The van der Waals surface area contributed by atoms with E-state index in [-0.39, 0.29) is 34.0 Å². The van der Waals surface area contributed by atoms with E-state index in [0.717, 1.165) is 12.1 Å². The van der Waals surface area contributed by atoms with E-state index < -0.39 is 15.6 Å². The topological polar surface area (TPSA) is 144 Å². The van der Waals surface area contributed by atoms with Gasteiger partial charge in [0.2, 0.25) is 0 Å². The van der Waals surface area contributed by atoms with Crippen molar-refractivity contribution in [1.29, 1.82) is 0 Å². The summed E-state index contributed by atoms with van der Waals surface area (Å²) in [5.41, 5.74) is 0.277. The van der Waals surface area contributed by atoms with E-state index in [2.05, 4.69) is 0 Å². The van der Waals surface area contributed by atoms with Gasteiger partial charge in [0.25, 0.3) is 11.4 Å². The maximum absolute atomic E-state index is 12.6. The Morgan fingerprint density at radius 1 is 0.786 bits per heavy atom. The molecule has 0 aromatic heterocycles. The first-order valence-electron chi connectivity index (χ1n) is 8.17. The van der Waals surface area contributed by atoms with Gasteiger partial charge in [-0.05, 0) is 49.3 Å². The molecular formula is C19H14N2O7. The van der Waals surface area contributed by atoms with Crippen LogP contribution in [0.2, 0.25) is 0 Å². The molecule has 1 fully saturated rings. The molecule has 0 heterocycles. The van der Waals surface area contributed by atoms with Crippen LogP contribution in [-0.2, 0) is 4.79 Å². The van der Waals surface area contributed by atoms with Gasteiger partial charge < -0.3 is 10.2 Å². The van der Waals surface area contributed by atoms with Gasteiger partial charge in [-0.3, -0.25) is 25.0 Å². The summed E-state index contributed by atoms with van der Waals surface area (Å²) >= 11 is 0. The molecule has 0 aliphatic heterocycles. The van der Waals surface area contributed by atoms with Crippen molar-refractivity contribution in [1.82, 2.24) is 0 Å². The lowest BCUT2D eigenvalue weighted by Crippen LogP contribution is -1.98. The van der Waals surface area contributed by atoms with Gasteiger partial charge in [-0.2, -0.15) is 0 Å². The highest BCUT2D eigenvalue weighted by atomic mass is 16.6. The van der Waals surface area contributed by atoms with E-state index in [0.29, 0.717) is 24.0 Å². The Bertz CT molecular complexity index is 986. The number of phenolic OH excluding ortho intramolecular Hbond substituents is 2. The van der Waals surface area contributed by atoms with Gasteiger partial charge in [0, 0.05) is 23.3 Å². The van der Waals surface area contributed by atoms with Gasteiger partial charge in [-0.15, -0.1) is 0 Å². The number of nitro benzene ring substituents is 2. The van der Waals surface area contributed by atoms with E-state index in [4.69, 9.17) is 0 Å². The number of ketones is 1. The predicted molar refractivity (Wildman–Crippen MR) is 99.7 cm³/mol. The van der Waals surface area contributed by atoms with Crippen molar-refractivity contribution in [2.24, 2.45) is 0 Å². The number of nitrogens with zero attached hydrogens (tertiary/aromatic N) is 2.